The van der Waals surface area contributed by atoms with Gasteiger partial charge < -0.3 is 14.8 Å². The van der Waals surface area contributed by atoms with Crippen molar-refractivity contribution in [1.29, 1.82) is 0 Å². The molecule has 5 rings (SSSR count). The van der Waals surface area contributed by atoms with Crippen molar-refractivity contribution >= 4 is 34.0 Å². The number of nitrogens with one attached hydrogen (secondary N) is 1. The monoisotopic (exact) mass is 452 g/mol. The number of ether oxygens (including phenoxy) is 2. The van der Waals surface area contributed by atoms with Gasteiger partial charge in [-0.2, -0.15) is 0 Å². The lowest BCUT2D eigenvalue weighted by atomic mass is 9.80. The second kappa shape index (κ2) is 8.30. The van der Waals surface area contributed by atoms with Crippen LogP contribution in [0.5, 0.6) is 5.75 Å². The Morgan fingerprint density at radius 2 is 1.71 bits per heavy atom. The predicted molar refractivity (Wildman–Crippen MR) is 132 cm³/mol. The third kappa shape index (κ3) is 3.30. The Balaban J connectivity index is 1.85. The summed E-state index contributed by atoms with van der Waals surface area (Å²) >= 11 is 0. The molecule has 1 aliphatic carbocycles. The van der Waals surface area contributed by atoms with Crippen LogP contribution in [-0.2, 0) is 4.74 Å². The molecule has 0 aliphatic heterocycles. The minimum Gasteiger partial charge on any atom is -0.497 e. The fourth-order valence-electron chi connectivity index (χ4n) is 4.64. The second-order valence-corrected chi connectivity index (χ2v) is 8.24. The smallest absolute Gasteiger partial charge is 0.340 e. The van der Waals surface area contributed by atoms with Crippen LogP contribution >= 0.6 is 0 Å². The van der Waals surface area contributed by atoms with Crippen molar-refractivity contribution in [3.63, 3.8) is 0 Å². The molecule has 0 bridgehead atoms. The van der Waals surface area contributed by atoms with E-state index in [1.54, 1.807) is 20.1 Å². The highest BCUT2D eigenvalue weighted by atomic mass is 16.5. The van der Waals surface area contributed by atoms with Gasteiger partial charge >= 0.3 is 5.97 Å². The maximum atomic E-state index is 13.8. The summed E-state index contributed by atoms with van der Waals surface area (Å²) in [6.45, 7) is 5.80. The largest absolute Gasteiger partial charge is 0.497 e. The highest BCUT2D eigenvalue weighted by Gasteiger charge is 2.33. The number of ketones is 1. The number of aryl methyl sites for hydroxylation is 2. The number of benzene rings is 3. The summed E-state index contributed by atoms with van der Waals surface area (Å²) in [5.41, 5.74) is 6.54. The van der Waals surface area contributed by atoms with E-state index in [-0.39, 0.29) is 12.4 Å². The zero-order valence-corrected chi connectivity index (χ0v) is 19.5. The Hall–Kier alpha value is -4.19. The average Bonchev–Trinajstić information content (AvgIpc) is 2.84. The molecule has 0 amide bonds. The summed E-state index contributed by atoms with van der Waals surface area (Å²) in [6, 6.07) is 16.8. The van der Waals surface area contributed by atoms with Crippen LogP contribution in [0.2, 0.25) is 0 Å². The first-order chi connectivity index (χ1) is 16.4. The zero-order valence-electron chi connectivity index (χ0n) is 19.5. The number of rotatable bonds is 5. The highest BCUT2D eigenvalue weighted by Crippen LogP contribution is 2.46. The van der Waals surface area contributed by atoms with E-state index in [1.165, 1.54) is 0 Å². The first kappa shape index (κ1) is 21.6. The molecule has 0 saturated heterocycles. The van der Waals surface area contributed by atoms with Crippen molar-refractivity contribution in [2.24, 2.45) is 0 Å². The van der Waals surface area contributed by atoms with Gasteiger partial charge in [-0.3, -0.25) is 9.78 Å². The molecule has 0 saturated carbocycles. The van der Waals surface area contributed by atoms with Gasteiger partial charge in [-0.1, -0.05) is 24.3 Å². The quantitative estimate of drug-likeness (QED) is 0.330. The van der Waals surface area contributed by atoms with Crippen LogP contribution in [0, 0.1) is 13.8 Å². The molecule has 1 heterocycles. The van der Waals surface area contributed by atoms with Crippen LogP contribution in [0.15, 0.2) is 54.6 Å². The fourth-order valence-corrected chi connectivity index (χ4v) is 4.64. The summed E-state index contributed by atoms with van der Waals surface area (Å²) in [5.74, 6) is 0.197. The second-order valence-electron chi connectivity index (χ2n) is 8.24. The minimum atomic E-state index is -0.439. The van der Waals surface area contributed by atoms with Crippen LogP contribution in [-0.4, -0.2) is 30.5 Å². The maximum absolute atomic E-state index is 13.8. The molecule has 0 atom stereocenters. The van der Waals surface area contributed by atoms with E-state index in [0.29, 0.717) is 44.5 Å². The molecule has 34 heavy (non-hydrogen) atoms. The number of carbonyl (C=O) groups is 2. The molecular weight excluding hydrogens is 428 g/mol. The van der Waals surface area contributed by atoms with Gasteiger partial charge in [-0.05, 0) is 62.2 Å². The fraction of sp³-hybridized carbons (Fsp3) is 0.179. The molecule has 3 aromatic carbocycles. The Morgan fingerprint density at radius 3 is 2.38 bits per heavy atom. The molecule has 6 heteroatoms. The average molecular weight is 453 g/mol. The number of fused-ring (bicyclic) bond motifs is 2. The van der Waals surface area contributed by atoms with Crippen LogP contribution in [0.1, 0.15) is 44.5 Å². The number of aromatic nitrogens is 1. The number of pyridine rings is 1. The van der Waals surface area contributed by atoms with Gasteiger partial charge in [0, 0.05) is 22.2 Å². The summed E-state index contributed by atoms with van der Waals surface area (Å²) in [4.78, 5) is 31.6. The molecule has 170 valence electrons. The summed E-state index contributed by atoms with van der Waals surface area (Å²) in [7, 11) is 1.62. The minimum absolute atomic E-state index is 0.107. The summed E-state index contributed by atoms with van der Waals surface area (Å²) in [5, 5.41) is 4.07. The molecule has 0 unspecified atom stereocenters. The number of methoxy groups -OCH3 is 1. The van der Waals surface area contributed by atoms with Gasteiger partial charge in [-0.15, -0.1) is 0 Å². The van der Waals surface area contributed by atoms with Crippen molar-refractivity contribution in [1.82, 2.24) is 4.98 Å². The number of nitrogens with zero attached hydrogens (tertiary/aromatic N) is 1. The van der Waals surface area contributed by atoms with Gasteiger partial charge in [-0.25, -0.2) is 4.79 Å². The molecule has 6 nitrogen and oxygen atoms in total. The first-order valence-electron chi connectivity index (χ1n) is 11.1. The summed E-state index contributed by atoms with van der Waals surface area (Å²) in [6.07, 6.45) is 0. The van der Waals surface area contributed by atoms with E-state index in [4.69, 9.17) is 14.5 Å². The van der Waals surface area contributed by atoms with Crippen molar-refractivity contribution in [2.75, 3.05) is 19.0 Å². The van der Waals surface area contributed by atoms with E-state index in [9.17, 15) is 9.59 Å². The highest BCUT2D eigenvalue weighted by molar-refractivity contribution is 6.30. The lowest BCUT2D eigenvalue weighted by Crippen LogP contribution is -2.18. The molecule has 1 aromatic heterocycles. The molecule has 0 fully saturated rings. The zero-order chi connectivity index (χ0) is 24.0. The number of esters is 1. The van der Waals surface area contributed by atoms with Gasteiger partial charge in [0.1, 0.15) is 5.75 Å². The molecule has 1 N–H and O–H groups in total. The standard InChI is InChI=1S/C28H24N2O4/c1-5-34-28(32)22-16(3)29-26-15(2)14-21(30-17-10-12-18(33-4)13-11-17)24-25(26)23(22)19-8-6-7-9-20(19)27(24)31/h6-14,30H,5H2,1-4H3. The Kier molecular flexibility index (Phi) is 5.28. The number of hydrogen-bond donors (Lipinski definition) is 1. The van der Waals surface area contributed by atoms with Gasteiger partial charge in [0.25, 0.3) is 0 Å². The SMILES string of the molecule is CCOC(=O)c1c(C)nc2c(C)cc(Nc3ccc(OC)cc3)c3c2c1-c1ccccc1C3=O. The maximum Gasteiger partial charge on any atom is 0.340 e. The molecule has 0 radical (unpaired) electrons. The molecule has 0 spiro atoms. The normalized spacial score (nSPS) is 11.8. The van der Waals surface area contributed by atoms with E-state index < -0.39 is 5.97 Å². The van der Waals surface area contributed by atoms with Crippen molar-refractivity contribution in [2.45, 2.75) is 20.8 Å². The predicted octanol–water partition coefficient (Wildman–Crippen LogP) is 5.99. The van der Waals surface area contributed by atoms with E-state index >= 15 is 0 Å². The first-order valence-corrected chi connectivity index (χ1v) is 11.1. The van der Waals surface area contributed by atoms with Gasteiger partial charge in [0.05, 0.1) is 41.7 Å². The number of anilines is 2. The number of carbonyl (C=O) groups excluding carboxylic acids is 2. The molecular formula is C28H24N2O4. The third-order valence-electron chi connectivity index (χ3n) is 6.15. The van der Waals surface area contributed by atoms with Crippen LogP contribution in [0.3, 0.4) is 0 Å². The van der Waals surface area contributed by atoms with E-state index in [1.807, 2.05) is 62.4 Å². The topological polar surface area (TPSA) is 77.5 Å². The van der Waals surface area contributed by atoms with Crippen LogP contribution < -0.4 is 10.1 Å². The molecule has 1 aliphatic rings. The van der Waals surface area contributed by atoms with Gasteiger partial charge in [0.2, 0.25) is 0 Å². The van der Waals surface area contributed by atoms with Crippen LogP contribution in [0.4, 0.5) is 11.4 Å². The van der Waals surface area contributed by atoms with Gasteiger partial charge in [0.15, 0.2) is 5.78 Å². The van der Waals surface area contributed by atoms with Crippen molar-refractivity contribution in [3.8, 4) is 16.9 Å². The molecule has 4 aromatic rings. The van der Waals surface area contributed by atoms with E-state index in [2.05, 4.69) is 5.32 Å². The third-order valence-corrected chi connectivity index (χ3v) is 6.15. The summed E-state index contributed by atoms with van der Waals surface area (Å²) < 4.78 is 10.6. The van der Waals surface area contributed by atoms with E-state index in [0.717, 1.165) is 22.6 Å². The lowest BCUT2D eigenvalue weighted by molar-refractivity contribution is 0.0526. The number of hydrogen-bond acceptors (Lipinski definition) is 6. The Morgan fingerprint density at radius 1 is 1.00 bits per heavy atom. The van der Waals surface area contributed by atoms with Crippen molar-refractivity contribution in [3.05, 3.63) is 82.5 Å². The Labute approximate surface area is 197 Å². The Bertz CT molecular complexity index is 1470. The van der Waals surface area contributed by atoms with Crippen LogP contribution in [0.25, 0.3) is 22.0 Å². The van der Waals surface area contributed by atoms with Crippen molar-refractivity contribution < 1.29 is 19.1 Å². The lowest BCUT2D eigenvalue weighted by Gasteiger charge is -2.26.